The predicted octanol–water partition coefficient (Wildman–Crippen LogP) is 4.95. The fraction of sp³-hybridized carbons (Fsp3) is 0.423. The summed E-state index contributed by atoms with van der Waals surface area (Å²) in [5.74, 6) is 0.741. The second kappa shape index (κ2) is 10.3. The van der Waals surface area contributed by atoms with Gasteiger partial charge in [-0.05, 0) is 62.2 Å². The minimum atomic E-state index is -0.277. The van der Waals surface area contributed by atoms with Gasteiger partial charge in [0.05, 0.1) is 19.3 Å². The molecule has 2 saturated heterocycles. The molecule has 1 unspecified atom stereocenters. The van der Waals surface area contributed by atoms with Crippen LogP contribution in [0.1, 0.15) is 36.0 Å². The first-order valence-corrected chi connectivity index (χ1v) is 12.4. The van der Waals surface area contributed by atoms with Gasteiger partial charge in [0.15, 0.2) is 16.4 Å². The third kappa shape index (κ3) is 5.04. The number of ether oxygens (including phenoxy) is 1. The molecule has 1 atom stereocenters. The minimum absolute atomic E-state index is 0.0541. The van der Waals surface area contributed by atoms with E-state index < -0.39 is 0 Å². The number of halogens is 1. The molecule has 0 radical (unpaired) electrons. The lowest BCUT2D eigenvalue weighted by molar-refractivity contribution is 0.0802. The van der Waals surface area contributed by atoms with Gasteiger partial charge in [0.2, 0.25) is 0 Å². The molecule has 0 N–H and O–H groups in total. The molecular weight excluding hydrogens is 451 g/mol. The van der Waals surface area contributed by atoms with E-state index in [1.807, 2.05) is 39.6 Å². The Labute approximate surface area is 204 Å². The van der Waals surface area contributed by atoms with E-state index in [0.29, 0.717) is 18.0 Å². The summed E-state index contributed by atoms with van der Waals surface area (Å²) in [4.78, 5) is 15.1. The van der Waals surface area contributed by atoms with E-state index in [-0.39, 0.29) is 23.6 Å². The van der Waals surface area contributed by atoms with Crippen LogP contribution in [0.5, 0.6) is 0 Å². The smallest absolute Gasteiger partial charge is 0.199 e. The number of rotatable bonds is 7. The van der Waals surface area contributed by atoms with Gasteiger partial charge in [-0.1, -0.05) is 30.3 Å². The molecule has 0 aliphatic carbocycles. The standard InChI is InChI=1S/C26H29FN4O2S/c27-22-10-8-21(9-11-22)25-28-31(26(34)30(25)17-23-7-4-16-33-23)18-29-14-12-20(13-15-29)24(32)19-5-2-1-3-6-19/h1-3,5-6,8-11,20,23H,4,7,12-18H2. The van der Waals surface area contributed by atoms with Gasteiger partial charge in [0.1, 0.15) is 5.82 Å². The number of benzene rings is 2. The second-order valence-electron chi connectivity index (χ2n) is 9.12. The second-order valence-corrected chi connectivity index (χ2v) is 9.49. The van der Waals surface area contributed by atoms with E-state index in [9.17, 15) is 9.18 Å². The average Bonchev–Trinajstić information content (AvgIpc) is 3.49. The summed E-state index contributed by atoms with van der Waals surface area (Å²) < 4.78 is 23.9. The van der Waals surface area contributed by atoms with Gasteiger partial charge in [-0.3, -0.25) is 14.3 Å². The molecule has 3 aromatic rings. The Morgan fingerprint density at radius 2 is 1.79 bits per heavy atom. The molecule has 8 heteroatoms. The number of ketones is 1. The molecule has 3 heterocycles. The number of carbonyl (C=O) groups is 1. The first kappa shape index (κ1) is 23.1. The van der Waals surface area contributed by atoms with Crippen molar-refractivity contribution in [3.63, 3.8) is 0 Å². The zero-order valence-electron chi connectivity index (χ0n) is 19.1. The number of carbonyl (C=O) groups excluding carboxylic acids is 1. The van der Waals surface area contributed by atoms with E-state index in [4.69, 9.17) is 22.1 Å². The van der Waals surface area contributed by atoms with Crippen LogP contribution in [-0.2, 0) is 18.0 Å². The topological polar surface area (TPSA) is 52.3 Å². The third-order valence-corrected chi connectivity index (χ3v) is 7.22. The van der Waals surface area contributed by atoms with Crippen LogP contribution in [-0.4, -0.2) is 50.8 Å². The summed E-state index contributed by atoms with van der Waals surface area (Å²) in [7, 11) is 0. The molecule has 1 aromatic heterocycles. The van der Waals surface area contributed by atoms with Crippen molar-refractivity contribution < 1.29 is 13.9 Å². The first-order valence-electron chi connectivity index (χ1n) is 12.0. The number of likely N-dealkylation sites (tertiary alicyclic amines) is 1. The highest BCUT2D eigenvalue weighted by Crippen LogP contribution is 2.25. The number of Topliss-reactive ketones (excluding diaryl/α,β-unsaturated/α-hetero) is 1. The maximum atomic E-state index is 13.5. The highest BCUT2D eigenvalue weighted by Gasteiger charge is 2.27. The monoisotopic (exact) mass is 480 g/mol. The van der Waals surface area contributed by atoms with Crippen molar-refractivity contribution in [2.24, 2.45) is 5.92 Å². The Balaban J connectivity index is 1.31. The molecule has 2 aliphatic heterocycles. The highest BCUT2D eigenvalue weighted by atomic mass is 32.1. The molecule has 5 rings (SSSR count). The van der Waals surface area contributed by atoms with E-state index in [1.165, 1.54) is 12.1 Å². The van der Waals surface area contributed by atoms with Crippen LogP contribution in [0.25, 0.3) is 11.4 Å². The van der Waals surface area contributed by atoms with Crippen molar-refractivity contribution in [2.75, 3.05) is 19.7 Å². The molecule has 0 amide bonds. The van der Waals surface area contributed by atoms with Crippen molar-refractivity contribution >= 4 is 18.0 Å². The summed E-state index contributed by atoms with van der Waals surface area (Å²) >= 11 is 5.82. The normalized spacial score (nSPS) is 19.5. The molecule has 0 bridgehead atoms. The molecule has 0 spiro atoms. The molecular formula is C26H29FN4O2S. The number of hydrogen-bond acceptors (Lipinski definition) is 5. The predicted molar refractivity (Wildman–Crippen MR) is 130 cm³/mol. The highest BCUT2D eigenvalue weighted by molar-refractivity contribution is 7.71. The van der Waals surface area contributed by atoms with Gasteiger partial charge in [0, 0.05) is 36.7 Å². The number of aromatic nitrogens is 3. The summed E-state index contributed by atoms with van der Waals surface area (Å²) in [5.41, 5.74) is 1.62. The SMILES string of the molecule is O=C(c1ccccc1)C1CCN(Cn2nc(-c3ccc(F)cc3)n(CC3CCCO3)c2=S)CC1. The quantitative estimate of drug-likeness (QED) is 0.354. The largest absolute Gasteiger partial charge is 0.376 e. The Morgan fingerprint density at radius 3 is 2.47 bits per heavy atom. The average molecular weight is 481 g/mol. The van der Waals surface area contributed by atoms with Gasteiger partial charge in [-0.2, -0.15) is 5.10 Å². The van der Waals surface area contributed by atoms with Gasteiger partial charge in [-0.25, -0.2) is 9.07 Å². The third-order valence-electron chi connectivity index (χ3n) is 6.79. The molecule has 6 nitrogen and oxygen atoms in total. The van der Waals surface area contributed by atoms with E-state index in [0.717, 1.165) is 62.3 Å². The van der Waals surface area contributed by atoms with Crippen LogP contribution in [0.4, 0.5) is 4.39 Å². The molecule has 178 valence electrons. The molecule has 2 aromatic carbocycles. The lowest BCUT2D eigenvalue weighted by Crippen LogP contribution is -2.37. The Hall–Kier alpha value is -2.68. The molecule has 2 fully saturated rings. The van der Waals surface area contributed by atoms with Crippen LogP contribution in [0.3, 0.4) is 0 Å². The van der Waals surface area contributed by atoms with E-state index in [2.05, 4.69) is 4.90 Å². The molecule has 2 aliphatic rings. The summed E-state index contributed by atoms with van der Waals surface area (Å²) in [5, 5.41) is 4.84. The van der Waals surface area contributed by atoms with Crippen molar-refractivity contribution in [1.82, 2.24) is 19.2 Å². The van der Waals surface area contributed by atoms with Crippen molar-refractivity contribution in [3.8, 4) is 11.4 Å². The maximum Gasteiger partial charge on any atom is 0.199 e. The minimum Gasteiger partial charge on any atom is -0.376 e. The van der Waals surface area contributed by atoms with Crippen molar-refractivity contribution in [1.29, 1.82) is 0 Å². The Bertz CT molecular complexity index is 1180. The van der Waals surface area contributed by atoms with Crippen molar-refractivity contribution in [3.05, 3.63) is 70.7 Å². The lowest BCUT2D eigenvalue weighted by Gasteiger charge is -2.30. The van der Waals surface area contributed by atoms with Gasteiger partial charge in [-0.15, -0.1) is 0 Å². The molecule has 0 saturated carbocycles. The summed E-state index contributed by atoms with van der Waals surface area (Å²) in [6.45, 7) is 3.61. The van der Waals surface area contributed by atoms with Gasteiger partial charge >= 0.3 is 0 Å². The van der Waals surface area contributed by atoms with Crippen LogP contribution < -0.4 is 0 Å². The molecule has 34 heavy (non-hydrogen) atoms. The van der Waals surface area contributed by atoms with Crippen molar-refractivity contribution in [2.45, 2.75) is 45.0 Å². The summed E-state index contributed by atoms with van der Waals surface area (Å²) in [6, 6.07) is 15.9. The first-order chi connectivity index (χ1) is 16.6. The van der Waals surface area contributed by atoms with E-state index >= 15 is 0 Å². The van der Waals surface area contributed by atoms with E-state index in [1.54, 1.807) is 12.1 Å². The van der Waals surface area contributed by atoms with Gasteiger partial charge in [0.25, 0.3) is 0 Å². The maximum absolute atomic E-state index is 13.5. The zero-order chi connectivity index (χ0) is 23.5. The lowest BCUT2D eigenvalue weighted by atomic mass is 9.89. The Morgan fingerprint density at radius 1 is 1.06 bits per heavy atom. The summed E-state index contributed by atoms with van der Waals surface area (Å²) in [6.07, 6.45) is 3.81. The van der Waals surface area contributed by atoms with Crippen LogP contribution in [0.15, 0.2) is 54.6 Å². The van der Waals surface area contributed by atoms with Crippen LogP contribution >= 0.6 is 12.2 Å². The van der Waals surface area contributed by atoms with Gasteiger partial charge < -0.3 is 4.74 Å². The zero-order valence-corrected chi connectivity index (χ0v) is 19.9. The fourth-order valence-corrected chi connectivity index (χ4v) is 5.13. The number of nitrogens with zero attached hydrogens (tertiary/aromatic N) is 4. The number of hydrogen-bond donors (Lipinski definition) is 0. The fourth-order valence-electron chi connectivity index (χ4n) is 4.87. The Kier molecular flexibility index (Phi) is 6.99. The van der Waals surface area contributed by atoms with Crippen LogP contribution in [0.2, 0.25) is 0 Å². The van der Waals surface area contributed by atoms with Crippen LogP contribution in [0, 0.1) is 16.5 Å². The number of piperidine rings is 1.